The monoisotopic (exact) mass is 192 g/mol. The van der Waals surface area contributed by atoms with Gasteiger partial charge in [0, 0.05) is 0 Å². The Labute approximate surface area is 85.1 Å². The summed E-state index contributed by atoms with van der Waals surface area (Å²) in [6.45, 7) is 4.29. The Morgan fingerprint density at radius 1 is 1.29 bits per heavy atom. The average Bonchev–Trinajstić information content (AvgIpc) is 2.95. The second kappa shape index (κ2) is 3.72. The number of halogens is 1. The van der Waals surface area contributed by atoms with E-state index in [1.807, 2.05) is 0 Å². The Hall–Kier alpha value is -0.850. The maximum atomic E-state index is 13.2. The van der Waals surface area contributed by atoms with Crippen molar-refractivity contribution >= 4 is 0 Å². The third-order valence-corrected chi connectivity index (χ3v) is 3.26. The van der Waals surface area contributed by atoms with Gasteiger partial charge in [-0.1, -0.05) is 26.3 Å². The standard InChI is InChI=1S/C13H17F/c1-3-9-5-11(7-12(14)6-9)13-8-10(13)4-2/h5-7,10,13H,3-4,8H2,1-2H3/t10-,13-/m0/s1. The van der Waals surface area contributed by atoms with Crippen LogP contribution in [0.25, 0.3) is 0 Å². The van der Waals surface area contributed by atoms with Crippen LogP contribution in [0, 0.1) is 11.7 Å². The molecule has 1 fully saturated rings. The summed E-state index contributed by atoms with van der Waals surface area (Å²) in [6.07, 6.45) is 3.40. The quantitative estimate of drug-likeness (QED) is 0.681. The Bertz CT molecular complexity index is 330. The van der Waals surface area contributed by atoms with E-state index in [1.165, 1.54) is 18.4 Å². The van der Waals surface area contributed by atoms with Gasteiger partial charge in [-0.3, -0.25) is 0 Å². The fourth-order valence-electron chi connectivity index (χ4n) is 2.20. The molecule has 0 amide bonds. The predicted molar refractivity (Wildman–Crippen MR) is 56.9 cm³/mol. The highest BCUT2D eigenvalue weighted by molar-refractivity contribution is 5.31. The summed E-state index contributed by atoms with van der Waals surface area (Å²) in [5, 5.41) is 0. The van der Waals surface area contributed by atoms with E-state index in [2.05, 4.69) is 19.9 Å². The minimum atomic E-state index is -0.0684. The maximum absolute atomic E-state index is 13.2. The first-order valence-corrected chi connectivity index (χ1v) is 5.54. The van der Waals surface area contributed by atoms with Crippen molar-refractivity contribution in [2.75, 3.05) is 0 Å². The fraction of sp³-hybridized carbons (Fsp3) is 0.538. The molecule has 0 unspecified atom stereocenters. The number of aryl methyl sites for hydroxylation is 1. The molecule has 0 saturated heterocycles. The van der Waals surface area contributed by atoms with Gasteiger partial charge in [0.25, 0.3) is 0 Å². The fourth-order valence-corrected chi connectivity index (χ4v) is 2.20. The van der Waals surface area contributed by atoms with E-state index in [-0.39, 0.29) is 5.82 Å². The molecule has 0 spiro atoms. The summed E-state index contributed by atoms with van der Waals surface area (Å²) in [5.41, 5.74) is 2.34. The van der Waals surface area contributed by atoms with Crippen LogP contribution in [0.5, 0.6) is 0 Å². The summed E-state index contributed by atoms with van der Waals surface area (Å²) < 4.78 is 13.2. The SMILES string of the molecule is CCc1cc(F)cc([C@H]2C[C@@H]2CC)c1. The summed E-state index contributed by atoms with van der Waals surface area (Å²) in [4.78, 5) is 0. The molecule has 0 nitrogen and oxygen atoms in total. The topological polar surface area (TPSA) is 0 Å². The molecule has 0 aliphatic heterocycles. The van der Waals surface area contributed by atoms with Crippen molar-refractivity contribution in [3.05, 3.63) is 35.1 Å². The van der Waals surface area contributed by atoms with E-state index in [4.69, 9.17) is 0 Å². The van der Waals surface area contributed by atoms with E-state index >= 15 is 0 Å². The lowest BCUT2D eigenvalue weighted by atomic mass is 10.0. The molecule has 2 rings (SSSR count). The van der Waals surface area contributed by atoms with Gasteiger partial charge in [0.1, 0.15) is 5.82 Å². The average molecular weight is 192 g/mol. The van der Waals surface area contributed by atoms with Gasteiger partial charge in [-0.05, 0) is 47.9 Å². The Kier molecular flexibility index (Phi) is 2.58. The Morgan fingerprint density at radius 2 is 2.07 bits per heavy atom. The van der Waals surface area contributed by atoms with E-state index in [0.29, 0.717) is 5.92 Å². The highest BCUT2D eigenvalue weighted by atomic mass is 19.1. The van der Waals surface area contributed by atoms with E-state index in [0.717, 1.165) is 17.9 Å². The highest BCUT2D eigenvalue weighted by Gasteiger charge is 2.36. The third-order valence-electron chi connectivity index (χ3n) is 3.26. The van der Waals surface area contributed by atoms with Gasteiger partial charge >= 0.3 is 0 Å². The van der Waals surface area contributed by atoms with Crippen LogP contribution in [0.4, 0.5) is 4.39 Å². The molecule has 1 aromatic carbocycles. The minimum Gasteiger partial charge on any atom is -0.207 e. The van der Waals surface area contributed by atoms with Crippen molar-refractivity contribution in [3.63, 3.8) is 0 Å². The molecule has 0 radical (unpaired) electrons. The second-order valence-corrected chi connectivity index (χ2v) is 4.26. The molecule has 1 heteroatoms. The molecular weight excluding hydrogens is 175 g/mol. The molecule has 1 aliphatic rings. The van der Waals surface area contributed by atoms with Crippen LogP contribution in [0.3, 0.4) is 0 Å². The molecule has 76 valence electrons. The lowest BCUT2D eigenvalue weighted by molar-refractivity contribution is 0.622. The molecule has 1 aliphatic carbocycles. The Morgan fingerprint density at radius 3 is 2.64 bits per heavy atom. The van der Waals surface area contributed by atoms with Crippen LogP contribution < -0.4 is 0 Å². The van der Waals surface area contributed by atoms with E-state index in [1.54, 1.807) is 12.1 Å². The zero-order chi connectivity index (χ0) is 10.1. The van der Waals surface area contributed by atoms with Crippen LogP contribution in [0.1, 0.15) is 43.7 Å². The van der Waals surface area contributed by atoms with Gasteiger partial charge in [-0.2, -0.15) is 0 Å². The molecule has 0 heterocycles. The zero-order valence-electron chi connectivity index (χ0n) is 8.89. The van der Waals surface area contributed by atoms with Gasteiger partial charge < -0.3 is 0 Å². The Balaban J connectivity index is 2.22. The maximum Gasteiger partial charge on any atom is 0.123 e. The van der Waals surface area contributed by atoms with Gasteiger partial charge in [0.05, 0.1) is 0 Å². The minimum absolute atomic E-state index is 0.0684. The molecule has 1 saturated carbocycles. The number of benzene rings is 1. The summed E-state index contributed by atoms with van der Waals surface area (Å²) in [7, 11) is 0. The van der Waals surface area contributed by atoms with Gasteiger partial charge in [0.15, 0.2) is 0 Å². The molecular formula is C13H17F. The lowest BCUT2D eigenvalue weighted by Gasteiger charge is -2.03. The predicted octanol–water partition coefficient (Wildman–Crippen LogP) is 3.90. The van der Waals surface area contributed by atoms with Gasteiger partial charge in [-0.25, -0.2) is 4.39 Å². The highest BCUT2D eigenvalue weighted by Crippen LogP contribution is 2.49. The largest absolute Gasteiger partial charge is 0.207 e. The van der Waals surface area contributed by atoms with Crippen LogP contribution in [-0.2, 0) is 6.42 Å². The molecule has 14 heavy (non-hydrogen) atoms. The third kappa shape index (κ3) is 1.82. The van der Waals surface area contributed by atoms with Crippen molar-refractivity contribution in [2.45, 2.75) is 39.0 Å². The normalized spacial score (nSPS) is 25.1. The molecule has 0 bridgehead atoms. The lowest BCUT2D eigenvalue weighted by Crippen LogP contribution is -1.89. The zero-order valence-corrected chi connectivity index (χ0v) is 8.89. The first-order chi connectivity index (χ1) is 6.74. The summed E-state index contributed by atoms with van der Waals surface area (Å²) in [5.74, 6) is 1.38. The summed E-state index contributed by atoms with van der Waals surface area (Å²) in [6, 6.07) is 5.52. The number of hydrogen-bond donors (Lipinski definition) is 0. The number of rotatable bonds is 3. The van der Waals surface area contributed by atoms with Crippen molar-refractivity contribution in [1.82, 2.24) is 0 Å². The second-order valence-electron chi connectivity index (χ2n) is 4.26. The van der Waals surface area contributed by atoms with Gasteiger partial charge in [0.2, 0.25) is 0 Å². The van der Waals surface area contributed by atoms with Gasteiger partial charge in [-0.15, -0.1) is 0 Å². The molecule has 0 N–H and O–H groups in total. The summed E-state index contributed by atoms with van der Waals surface area (Å²) >= 11 is 0. The van der Waals surface area contributed by atoms with Crippen LogP contribution >= 0.6 is 0 Å². The van der Waals surface area contributed by atoms with Crippen LogP contribution in [0.2, 0.25) is 0 Å². The first-order valence-electron chi connectivity index (χ1n) is 5.54. The molecule has 2 atom stereocenters. The first kappa shape index (κ1) is 9.70. The van der Waals surface area contributed by atoms with E-state index < -0.39 is 0 Å². The molecule has 1 aromatic rings. The van der Waals surface area contributed by atoms with Crippen molar-refractivity contribution in [1.29, 1.82) is 0 Å². The van der Waals surface area contributed by atoms with E-state index in [9.17, 15) is 4.39 Å². The van der Waals surface area contributed by atoms with Crippen molar-refractivity contribution in [2.24, 2.45) is 5.92 Å². The van der Waals surface area contributed by atoms with Crippen LogP contribution in [0.15, 0.2) is 18.2 Å². The number of hydrogen-bond acceptors (Lipinski definition) is 0. The van der Waals surface area contributed by atoms with Crippen LogP contribution in [-0.4, -0.2) is 0 Å². The smallest absolute Gasteiger partial charge is 0.123 e. The van der Waals surface area contributed by atoms with Crippen molar-refractivity contribution < 1.29 is 4.39 Å². The van der Waals surface area contributed by atoms with Crippen molar-refractivity contribution in [3.8, 4) is 0 Å². The molecule has 0 aromatic heterocycles.